The molecule has 0 saturated heterocycles. The molecule has 8 heteroatoms. The molecule has 5 nitrogen and oxygen atoms in total. The van der Waals surface area contributed by atoms with Gasteiger partial charge in [0.25, 0.3) is 0 Å². The molecule has 0 aliphatic heterocycles. The van der Waals surface area contributed by atoms with Crippen LogP contribution in [0.1, 0.15) is 17.3 Å². The summed E-state index contributed by atoms with van der Waals surface area (Å²) in [6, 6.07) is 14.3. The third-order valence-electron chi connectivity index (χ3n) is 3.11. The Bertz CT molecular complexity index is 724. The largest absolute Gasteiger partial charge is 0.294 e. The van der Waals surface area contributed by atoms with E-state index in [1.165, 1.54) is 6.92 Å². The summed E-state index contributed by atoms with van der Waals surface area (Å²) in [6.07, 6.45) is 0. The summed E-state index contributed by atoms with van der Waals surface area (Å²) in [5.74, 6) is 0.0740. The van der Waals surface area contributed by atoms with Gasteiger partial charge in [0, 0.05) is 30.2 Å². The fourth-order valence-electron chi connectivity index (χ4n) is 1.79. The lowest BCUT2D eigenvalue weighted by molar-refractivity contribution is -0.109. The number of nitrogens with zero attached hydrogens (tertiary/aromatic N) is 1. The van der Waals surface area contributed by atoms with Gasteiger partial charge in [0.2, 0.25) is 0 Å². The van der Waals surface area contributed by atoms with Crippen LogP contribution in [0.15, 0.2) is 48.5 Å². The van der Waals surface area contributed by atoms with Crippen molar-refractivity contribution < 1.29 is 13.9 Å². The van der Waals surface area contributed by atoms with Gasteiger partial charge in [-0.1, -0.05) is 23.4 Å². The summed E-state index contributed by atoms with van der Waals surface area (Å²) in [5, 5.41) is 0.611. The first-order valence-electron chi connectivity index (χ1n) is 7.31. The van der Waals surface area contributed by atoms with Crippen molar-refractivity contribution in [2.75, 3.05) is 22.6 Å². The minimum Gasteiger partial charge on any atom is -0.294 e. The Kier molecular flexibility index (Phi) is 7.64. The van der Waals surface area contributed by atoms with Gasteiger partial charge >= 0.3 is 0 Å². The number of ketones is 1. The van der Waals surface area contributed by atoms with E-state index in [1.54, 1.807) is 24.3 Å². The Hall–Kier alpha value is -1.67. The van der Waals surface area contributed by atoms with Crippen LogP contribution >= 0.6 is 35.6 Å². The van der Waals surface area contributed by atoms with E-state index in [-0.39, 0.29) is 16.7 Å². The van der Waals surface area contributed by atoms with Crippen molar-refractivity contribution in [2.45, 2.75) is 6.92 Å². The second-order valence-electron chi connectivity index (χ2n) is 5.01. The minimum atomic E-state index is -0.0792. The zero-order valence-corrected chi connectivity index (χ0v) is 16.1. The third-order valence-corrected chi connectivity index (χ3v) is 4.77. The van der Waals surface area contributed by atoms with Gasteiger partial charge < -0.3 is 0 Å². The number of thioether (sulfide) groups is 1. The first-order valence-corrected chi connectivity index (χ1v) is 9.37. The molecule has 25 heavy (non-hydrogen) atoms. The highest BCUT2D eigenvalue weighted by Crippen LogP contribution is 2.23. The number of halogens is 1. The lowest BCUT2D eigenvalue weighted by atomic mass is 10.1. The maximum absolute atomic E-state index is 11.9. The van der Waals surface area contributed by atoms with Crippen molar-refractivity contribution in [3.8, 4) is 0 Å². The van der Waals surface area contributed by atoms with Gasteiger partial charge in [0.1, 0.15) is 12.2 Å². The fourth-order valence-corrected chi connectivity index (χ4v) is 2.87. The molecule has 132 valence electrons. The molecular formula is C17H17ClN2O3S2. The number of benzene rings is 2. The van der Waals surface area contributed by atoms with Gasteiger partial charge in [0.15, 0.2) is 10.9 Å². The zero-order chi connectivity index (χ0) is 18.2. The summed E-state index contributed by atoms with van der Waals surface area (Å²) >= 11 is 7.99. The predicted molar refractivity (Wildman–Crippen MR) is 106 cm³/mol. The maximum atomic E-state index is 11.9. The molecule has 0 atom stereocenters. The van der Waals surface area contributed by atoms with Crippen LogP contribution in [0.4, 0.5) is 11.4 Å². The molecule has 0 aliphatic carbocycles. The Labute approximate surface area is 160 Å². The molecule has 0 bridgehead atoms. The Morgan fingerprint density at radius 2 is 1.76 bits per heavy atom. The number of rotatable bonds is 8. The summed E-state index contributed by atoms with van der Waals surface area (Å²) in [4.78, 5) is 22.8. The number of carbonyl (C=O) groups is 2. The van der Waals surface area contributed by atoms with Crippen LogP contribution in [-0.4, -0.2) is 23.7 Å². The average Bonchev–Trinajstić information content (AvgIpc) is 2.60. The topological polar surface area (TPSA) is 58.6 Å². The Morgan fingerprint density at radius 3 is 2.36 bits per heavy atom. The van der Waals surface area contributed by atoms with Crippen LogP contribution in [0.2, 0.25) is 5.02 Å². The van der Waals surface area contributed by atoms with Crippen molar-refractivity contribution in [3.63, 3.8) is 0 Å². The van der Waals surface area contributed by atoms with Gasteiger partial charge in [-0.2, -0.15) is 4.28 Å². The standard InChI is InChI=1S/C17H17ClN2O3S2/c1-12(21)24-11-17(22)13-3-7-15(8-4-13)19-23-25-20(2)16-9-5-14(18)6-10-16/h3-10,19H,11H2,1-2H3. The molecule has 2 aromatic rings. The van der Waals surface area contributed by atoms with Crippen molar-refractivity contribution >= 4 is 57.9 Å². The normalized spacial score (nSPS) is 10.4. The van der Waals surface area contributed by atoms with Crippen molar-refractivity contribution in [2.24, 2.45) is 0 Å². The molecule has 0 fully saturated rings. The van der Waals surface area contributed by atoms with Crippen LogP contribution in [0.5, 0.6) is 0 Å². The molecule has 0 aliphatic rings. The number of nitrogens with one attached hydrogen (secondary N) is 1. The molecule has 0 spiro atoms. The quantitative estimate of drug-likeness (QED) is 0.296. The second kappa shape index (κ2) is 9.72. The van der Waals surface area contributed by atoms with Gasteiger partial charge in [0.05, 0.1) is 11.4 Å². The smallest absolute Gasteiger partial charge is 0.186 e. The summed E-state index contributed by atoms with van der Waals surface area (Å²) in [6.45, 7) is 1.45. The summed E-state index contributed by atoms with van der Waals surface area (Å²) in [5.41, 5.74) is 5.02. The van der Waals surface area contributed by atoms with Gasteiger partial charge in [-0.15, -0.1) is 0 Å². The van der Waals surface area contributed by atoms with Gasteiger partial charge in [-0.25, -0.2) is 0 Å². The van der Waals surface area contributed by atoms with Crippen LogP contribution in [0.3, 0.4) is 0 Å². The van der Waals surface area contributed by atoms with E-state index in [2.05, 4.69) is 5.48 Å². The Balaban J connectivity index is 1.80. The van der Waals surface area contributed by atoms with E-state index in [4.69, 9.17) is 15.9 Å². The molecule has 0 aromatic heterocycles. The predicted octanol–water partition coefficient (Wildman–Crippen LogP) is 4.85. The molecule has 0 saturated carbocycles. The lowest BCUT2D eigenvalue weighted by Gasteiger charge is -2.16. The SMILES string of the molecule is CC(=O)SCC(=O)c1ccc(NOSN(C)c2ccc(Cl)cc2)cc1. The van der Waals surface area contributed by atoms with E-state index in [9.17, 15) is 9.59 Å². The van der Waals surface area contributed by atoms with E-state index in [0.717, 1.165) is 29.7 Å². The van der Waals surface area contributed by atoms with E-state index < -0.39 is 0 Å². The van der Waals surface area contributed by atoms with Crippen LogP contribution in [0, 0.1) is 0 Å². The molecule has 2 aromatic carbocycles. The van der Waals surface area contributed by atoms with E-state index in [1.807, 2.05) is 35.6 Å². The number of hydrogen-bond acceptors (Lipinski definition) is 7. The maximum Gasteiger partial charge on any atom is 0.186 e. The first kappa shape index (κ1) is 19.7. The van der Waals surface area contributed by atoms with Crippen LogP contribution in [0.25, 0.3) is 0 Å². The van der Waals surface area contributed by atoms with Crippen molar-refractivity contribution in [1.29, 1.82) is 0 Å². The molecule has 0 unspecified atom stereocenters. The molecule has 2 rings (SSSR count). The highest BCUT2D eigenvalue weighted by Gasteiger charge is 2.08. The van der Waals surface area contributed by atoms with Crippen LogP contribution in [-0.2, 0) is 9.08 Å². The molecule has 0 radical (unpaired) electrons. The van der Waals surface area contributed by atoms with Gasteiger partial charge in [-0.05, 0) is 48.5 Å². The molecule has 0 amide bonds. The lowest BCUT2D eigenvalue weighted by Crippen LogP contribution is -2.09. The first-order chi connectivity index (χ1) is 12.0. The van der Waals surface area contributed by atoms with Gasteiger partial charge in [-0.3, -0.25) is 19.4 Å². The van der Waals surface area contributed by atoms with E-state index in [0.29, 0.717) is 16.3 Å². The fraction of sp³-hybridized carbons (Fsp3) is 0.176. The van der Waals surface area contributed by atoms with Crippen LogP contribution < -0.4 is 9.79 Å². The second-order valence-corrected chi connectivity index (χ2v) is 7.47. The van der Waals surface area contributed by atoms with Crippen molar-refractivity contribution in [1.82, 2.24) is 0 Å². The summed E-state index contributed by atoms with van der Waals surface area (Å²) < 4.78 is 7.20. The number of anilines is 2. The minimum absolute atomic E-state index is 0.0677. The average molecular weight is 397 g/mol. The molecule has 0 heterocycles. The number of carbonyl (C=O) groups excluding carboxylic acids is 2. The number of hydrogen-bond donors (Lipinski definition) is 1. The monoisotopic (exact) mass is 396 g/mol. The zero-order valence-electron chi connectivity index (χ0n) is 13.7. The summed E-state index contributed by atoms with van der Waals surface area (Å²) in [7, 11) is 1.87. The third kappa shape index (κ3) is 6.62. The number of Topliss-reactive ketones (excluding diaryl/α,β-unsaturated/α-hetero) is 1. The van der Waals surface area contributed by atoms with E-state index >= 15 is 0 Å². The highest BCUT2D eigenvalue weighted by atomic mass is 35.5. The highest BCUT2D eigenvalue weighted by molar-refractivity contribution is 8.14. The van der Waals surface area contributed by atoms with Crippen molar-refractivity contribution in [3.05, 3.63) is 59.1 Å². The molecule has 1 N–H and O–H groups in total. The molecular weight excluding hydrogens is 380 g/mol. The Morgan fingerprint density at radius 1 is 1.12 bits per heavy atom.